The Morgan fingerprint density at radius 3 is 2.50 bits per heavy atom. The largest absolute Gasteiger partial charge is 0.489 e. The highest BCUT2D eigenvalue weighted by atomic mass is 35.5. The lowest BCUT2D eigenvalue weighted by molar-refractivity contribution is -0.123. The number of hydrazone groups is 1. The van der Waals surface area contributed by atoms with E-state index in [4.69, 9.17) is 21.4 Å². The fourth-order valence-corrected chi connectivity index (χ4v) is 1.74. The summed E-state index contributed by atoms with van der Waals surface area (Å²) in [5, 5.41) is 12.9. The van der Waals surface area contributed by atoms with Gasteiger partial charge in [-0.2, -0.15) is 5.10 Å². The van der Waals surface area contributed by atoms with Gasteiger partial charge in [-0.25, -0.2) is 5.43 Å². The predicted molar refractivity (Wildman–Crippen MR) is 85.0 cm³/mol. The van der Waals surface area contributed by atoms with Gasteiger partial charge in [0.15, 0.2) is 0 Å². The molecule has 2 aromatic rings. The van der Waals surface area contributed by atoms with Crippen molar-refractivity contribution in [3.05, 3.63) is 64.7 Å². The van der Waals surface area contributed by atoms with Gasteiger partial charge < -0.3 is 9.84 Å². The summed E-state index contributed by atoms with van der Waals surface area (Å²) in [5.41, 5.74) is 4.02. The first-order chi connectivity index (χ1) is 10.7. The van der Waals surface area contributed by atoms with E-state index in [1.165, 1.54) is 6.21 Å². The van der Waals surface area contributed by atoms with E-state index in [-0.39, 0.29) is 0 Å². The van der Waals surface area contributed by atoms with Crippen LogP contribution in [-0.2, 0) is 11.4 Å². The van der Waals surface area contributed by atoms with Crippen molar-refractivity contribution in [2.24, 2.45) is 5.10 Å². The molecule has 22 heavy (non-hydrogen) atoms. The van der Waals surface area contributed by atoms with E-state index >= 15 is 0 Å². The lowest BCUT2D eigenvalue weighted by atomic mass is 10.2. The van der Waals surface area contributed by atoms with E-state index in [9.17, 15) is 4.79 Å². The second kappa shape index (κ2) is 8.17. The van der Waals surface area contributed by atoms with Gasteiger partial charge in [0.05, 0.1) is 6.21 Å². The molecule has 0 saturated heterocycles. The number of hydrogen-bond acceptors (Lipinski definition) is 4. The first-order valence-electron chi connectivity index (χ1n) is 6.57. The fourth-order valence-electron chi connectivity index (χ4n) is 1.61. The zero-order valence-electron chi connectivity index (χ0n) is 11.7. The maximum Gasteiger partial charge on any atom is 0.265 e. The average molecular weight is 319 g/mol. The molecule has 0 atom stereocenters. The Bertz CT molecular complexity index is 639. The summed E-state index contributed by atoms with van der Waals surface area (Å²) in [6, 6.07) is 14.7. The zero-order chi connectivity index (χ0) is 15.8. The van der Waals surface area contributed by atoms with Crippen LogP contribution in [0.4, 0.5) is 0 Å². The molecule has 1 amide bonds. The van der Waals surface area contributed by atoms with Crippen molar-refractivity contribution in [1.82, 2.24) is 5.43 Å². The minimum absolute atomic E-state index is 0.456. The van der Waals surface area contributed by atoms with Gasteiger partial charge in [-0.1, -0.05) is 23.7 Å². The number of amides is 1. The fraction of sp³-hybridized carbons (Fsp3) is 0.125. The molecule has 0 unspecified atom stereocenters. The van der Waals surface area contributed by atoms with Crippen LogP contribution in [0.1, 0.15) is 11.1 Å². The number of hydrogen-bond donors (Lipinski definition) is 2. The zero-order valence-corrected chi connectivity index (χ0v) is 12.5. The maximum absolute atomic E-state index is 10.8. The Hall–Kier alpha value is -2.37. The van der Waals surface area contributed by atoms with Gasteiger partial charge in [0.25, 0.3) is 5.91 Å². The number of aliphatic hydroxyl groups excluding tert-OH is 1. The summed E-state index contributed by atoms with van der Waals surface area (Å²) in [6.07, 6.45) is 1.48. The third-order valence-electron chi connectivity index (χ3n) is 2.75. The number of benzene rings is 2. The van der Waals surface area contributed by atoms with Gasteiger partial charge in [0.2, 0.25) is 0 Å². The number of carbonyl (C=O) groups excluding carboxylic acids is 1. The number of nitrogens with one attached hydrogen (secondary N) is 1. The van der Waals surface area contributed by atoms with Crippen LogP contribution in [-0.4, -0.2) is 23.8 Å². The highest BCUT2D eigenvalue weighted by molar-refractivity contribution is 6.30. The maximum atomic E-state index is 10.8. The molecule has 0 aliphatic heterocycles. The summed E-state index contributed by atoms with van der Waals surface area (Å²) in [5.74, 6) is 0.172. The smallest absolute Gasteiger partial charge is 0.265 e. The lowest BCUT2D eigenvalue weighted by Crippen LogP contribution is -2.20. The molecule has 0 fully saturated rings. The molecule has 114 valence electrons. The number of aliphatic hydroxyl groups is 1. The first kappa shape index (κ1) is 16.0. The van der Waals surface area contributed by atoms with Gasteiger partial charge >= 0.3 is 0 Å². The summed E-state index contributed by atoms with van der Waals surface area (Å²) < 4.78 is 5.66. The number of rotatable bonds is 6. The van der Waals surface area contributed by atoms with Crippen LogP contribution in [0.3, 0.4) is 0 Å². The van der Waals surface area contributed by atoms with Crippen molar-refractivity contribution in [2.45, 2.75) is 6.61 Å². The van der Waals surface area contributed by atoms with Crippen LogP contribution in [0.15, 0.2) is 53.6 Å². The molecule has 0 aliphatic carbocycles. The van der Waals surface area contributed by atoms with Crippen molar-refractivity contribution in [1.29, 1.82) is 0 Å². The molecule has 0 spiro atoms. The Labute approximate surface area is 133 Å². The van der Waals surface area contributed by atoms with Crippen LogP contribution >= 0.6 is 11.6 Å². The molecule has 0 heterocycles. The van der Waals surface area contributed by atoms with Crippen molar-refractivity contribution in [3.63, 3.8) is 0 Å². The van der Waals surface area contributed by atoms with Crippen LogP contribution in [0.5, 0.6) is 5.75 Å². The molecule has 0 saturated carbocycles. The van der Waals surface area contributed by atoms with E-state index < -0.39 is 12.5 Å². The van der Waals surface area contributed by atoms with Crippen LogP contribution in [0.25, 0.3) is 0 Å². The van der Waals surface area contributed by atoms with E-state index in [0.717, 1.165) is 16.9 Å². The quantitative estimate of drug-likeness (QED) is 0.634. The topological polar surface area (TPSA) is 70.9 Å². The summed E-state index contributed by atoms with van der Waals surface area (Å²) in [4.78, 5) is 10.8. The van der Waals surface area contributed by atoms with Crippen molar-refractivity contribution < 1.29 is 14.6 Å². The Morgan fingerprint density at radius 2 is 1.86 bits per heavy atom. The Kier molecular flexibility index (Phi) is 5.94. The standard InChI is InChI=1S/C16H15ClN2O3/c17-14-5-1-13(2-6-14)11-22-15-7-3-12(4-8-15)9-18-19-16(21)10-20/h1-9,20H,10-11H2,(H,19,21). The van der Waals surface area contributed by atoms with Gasteiger partial charge in [0.1, 0.15) is 19.0 Å². The molecule has 0 aromatic heterocycles. The van der Waals surface area contributed by atoms with Crippen molar-refractivity contribution in [2.75, 3.05) is 6.61 Å². The first-order valence-corrected chi connectivity index (χ1v) is 6.95. The number of nitrogens with zero attached hydrogens (tertiary/aromatic N) is 1. The molecular weight excluding hydrogens is 304 g/mol. The van der Waals surface area contributed by atoms with Gasteiger partial charge in [-0.05, 0) is 47.5 Å². The predicted octanol–water partition coefficient (Wildman–Crippen LogP) is 2.36. The molecule has 2 N–H and O–H groups in total. The highest BCUT2D eigenvalue weighted by Crippen LogP contribution is 2.15. The molecule has 0 bridgehead atoms. The van der Waals surface area contributed by atoms with Crippen LogP contribution in [0, 0.1) is 0 Å². The summed E-state index contributed by atoms with van der Waals surface area (Å²) in [7, 11) is 0. The molecule has 5 nitrogen and oxygen atoms in total. The normalized spacial score (nSPS) is 10.6. The lowest BCUT2D eigenvalue weighted by Gasteiger charge is -2.06. The molecule has 0 radical (unpaired) electrons. The number of halogens is 1. The second-order valence-corrected chi connectivity index (χ2v) is 4.87. The van der Waals surface area contributed by atoms with Gasteiger partial charge in [-0.15, -0.1) is 0 Å². The van der Waals surface area contributed by atoms with Crippen molar-refractivity contribution >= 4 is 23.7 Å². The molecule has 2 aromatic carbocycles. The van der Waals surface area contributed by atoms with E-state index in [1.807, 2.05) is 48.5 Å². The monoisotopic (exact) mass is 318 g/mol. The molecular formula is C16H15ClN2O3. The SMILES string of the molecule is O=C(CO)NN=Cc1ccc(OCc2ccc(Cl)cc2)cc1. The summed E-state index contributed by atoms with van der Waals surface area (Å²) >= 11 is 5.82. The van der Waals surface area contributed by atoms with Crippen LogP contribution in [0.2, 0.25) is 5.02 Å². The third-order valence-corrected chi connectivity index (χ3v) is 3.00. The van der Waals surface area contributed by atoms with E-state index in [2.05, 4.69) is 10.5 Å². The van der Waals surface area contributed by atoms with Gasteiger partial charge in [0, 0.05) is 5.02 Å². The molecule has 2 rings (SSSR count). The van der Waals surface area contributed by atoms with Crippen molar-refractivity contribution in [3.8, 4) is 5.75 Å². The number of carbonyl (C=O) groups is 1. The van der Waals surface area contributed by atoms with Gasteiger partial charge in [-0.3, -0.25) is 4.79 Å². The highest BCUT2D eigenvalue weighted by Gasteiger charge is 1.97. The minimum atomic E-state index is -0.588. The van der Waals surface area contributed by atoms with E-state index in [1.54, 1.807) is 0 Å². The van der Waals surface area contributed by atoms with Crippen LogP contribution < -0.4 is 10.2 Å². The summed E-state index contributed by atoms with van der Waals surface area (Å²) in [6.45, 7) is -0.133. The molecule has 0 aliphatic rings. The van der Waals surface area contributed by atoms with E-state index in [0.29, 0.717) is 11.6 Å². The minimum Gasteiger partial charge on any atom is -0.489 e. The number of ether oxygens (including phenoxy) is 1. The Morgan fingerprint density at radius 1 is 1.18 bits per heavy atom. The molecule has 6 heteroatoms. The second-order valence-electron chi connectivity index (χ2n) is 4.44. The Balaban J connectivity index is 1.86. The third kappa shape index (κ3) is 5.20. The average Bonchev–Trinajstić information content (AvgIpc) is 2.55.